The van der Waals surface area contributed by atoms with Gasteiger partial charge in [-0.2, -0.15) is 0 Å². The van der Waals surface area contributed by atoms with E-state index in [0.717, 1.165) is 30.6 Å². The standard InChI is InChI=1S/C24H32N2O2/c1-16(24-13-17-10-18(14-24)12-19(11-17)15-24)25-22(27)21-8-5-9-26(21)23(28)20-6-3-2-4-7-20/h2-4,6-7,16-19,21H,5,8-15H2,1H3,(H,25,27). The Bertz CT molecular complexity index is 724. The first-order valence-electron chi connectivity index (χ1n) is 11.2. The van der Waals surface area contributed by atoms with Crippen molar-refractivity contribution >= 4 is 11.8 Å². The molecule has 4 saturated carbocycles. The summed E-state index contributed by atoms with van der Waals surface area (Å²) < 4.78 is 0. The number of benzene rings is 1. The van der Waals surface area contributed by atoms with Crippen LogP contribution in [0.1, 0.15) is 68.6 Å². The maximum absolute atomic E-state index is 13.2. The molecule has 1 aromatic carbocycles. The number of carbonyl (C=O) groups excluding carboxylic acids is 2. The van der Waals surface area contributed by atoms with E-state index in [9.17, 15) is 9.59 Å². The molecule has 1 aliphatic heterocycles. The van der Waals surface area contributed by atoms with Gasteiger partial charge in [-0.3, -0.25) is 9.59 Å². The number of carbonyl (C=O) groups is 2. The first-order valence-corrected chi connectivity index (χ1v) is 11.2. The Balaban J connectivity index is 1.28. The van der Waals surface area contributed by atoms with Gasteiger partial charge in [-0.25, -0.2) is 0 Å². The van der Waals surface area contributed by atoms with E-state index >= 15 is 0 Å². The lowest BCUT2D eigenvalue weighted by atomic mass is 9.48. The Kier molecular flexibility index (Phi) is 4.48. The van der Waals surface area contributed by atoms with Crippen LogP contribution in [0.25, 0.3) is 0 Å². The van der Waals surface area contributed by atoms with E-state index in [1.165, 1.54) is 38.5 Å². The van der Waals surface area contributed by atoms with Crippen LogP contribution in [-0.2, 0) is 4.79 Å². The normalized spacial score (nSPS) is 37.1. The molecule has 28 heavy (non-hydrogen) atoms. The van der Waals surface area contributed by atoms with Crippen LogP contribution >= 0.6 is 0 Å². The summed E-state index contributed by atoms with van der Waals surface area (Å²) in [7, 11) is 0. The molecule has 1 saturated heterocycles. The van der Waals surface area contributed by atoms with Crippen LogP contribution < -0.4 is 5.32 Å². The molecule has 6 rings (SSSR count). The topological polar surface area (TPSA) is 49.4 Å². The molecule has 4 heteroatoms. The summed E-state index contributed by atoms with van der Waals surface area (Å²) in [6, 6.07) is 9.26. The highest BCUT2D eigenvalue weighted by Gasteiger charge is 2.53. The van der Waals surface area contributed by atoms with Crippen molar-refractivity contribution in [2.24, 2.45) is 23.2 Å². The fraction of sp³-hybridized carbons (Fsp3) is 0.667. The molecule has 0 radical (unpaired) electrons. The molecular formula is C24H32N2O2. The Morgan fingerprint density at radius 3 is 2.25 bits per heavy atom. The Hall–Kier alpha value is -1.84. The molecule has 2 unspecified atom stereocenters. The van der Waals surface area contributed by atoms with Gasteiger partial charge < -0.3 is 10.2 Å². The lowest BCUT2D eigenvalue weighted by Crippen LogP contribution is -2.58. The van der Waals surface area contributed by atoms with Crippen molar-refractivity contribution in [2.45, 2.75) is 70.4 Å². The van der Waals surface area contributed by atoms with Gasteiger partial charge in [0.05, 0.1) is 0 Å². The lowest BCUT2D eigenvalue weighted by molar-refractivity contribution is -0.129. The number of likely N-dealkylation sites (tertiary alicyclic amines) is 1. The monoisotopic (exact) mass is 380 g/mol. The van der Waals surface area contributed by atoms with Crippen molar-refractivity contribution in [2.75, 3.05) is 6.54 Å². The highest BCUT2D eigenvalue weighted by molar-refractivity contribution is 5.98. The second kappa shape index (κ2) is 6.89. The van der Waals surface area contributed by atoms with E-state index in [2.05, 4.69) is 12.2 Å². The first kappa shape index (κ1) is 18.2. The van der Waals surface area contributed by atoms with Gasteiger partial charge in [0.1, 0.15) is 6.04 Å². The molecule has 2 amide bonds. The first-order chi connectivity index (χ1) is 13.5. The molecule has 5 aliphatic rings. The third-order valence-electron chi connectivity index (χ3n) is 8.20. The van der Waals surface area contributed by atoms with Crippen LogP contribution in [0.15, 0.2) is 30.3 Å². The number of nitrogens with zero attached hydrogens (tertiary/aromatic N) is 1. The number of hydrogen-bond acceptors (Lipinski definition) is 2. The zero-order chi connectivity index (χ0) is 19.3. The molecule has 0 spiro atoms. The zero-order valence-corrected chi connectivity index (χ0v) is 16.9. The number of hydrogen-bond donors (Lipinski definition) is 1. The van der Waals surface area contributed by atoms with Gasteiger partial charge in [0.2, 0.25) is 5.91 Å². The molecule has 4 aliphatic carbocycles. The van der Waals surface area contributed by atoms with Crippen LogP contribution in [0.5, 0.6) is 0 Å². The van der Waals surface area contributed by atoms with Crippen LogP contribution in [0.2, 0.25) is 0 Å². The van der Waals surface area contributed by atoms with E-state index < -0.39 is 0 Å². The Labute approximate surface area is 168 Å². The second-order valence-electron chi connectivity index (χ2n) is 10.0. The van der Waals surface area contributed by atoms with Gasteiger partial charge in [-0.05, 0) is 93.6 Å². The number of nitrogens with one attached hydrogen (secondary N) is 1. The van der Waals surface area contributed by atoms with E-state index in [0.29, 0.717) is 17.5 Å². The smallest absolute Gasteiger partial charge is 0.254 e. The minimum Gasteiger partial charge on any atom is -0.351 e. The molecule has 2 atom stereocenters. The van der Waals surface area contributed by atoms with Crippen LogP contribution in [0.3, 0.4) is 0 Å². The molecule has 4 nitrogen and oxygen atoms in total. The summed E-state index contributed by atoms with van der Waals surface area (Å²) in [6.45, 7) is 2.90. The van der Waals surface area contributed by atoms with Gasteiger partial charge in [0.25, 0.3) is 5.91 Å². The third kappa shape index (κ3) is 3.05. The maximum Gasteiger partial charge on any atom is 0.254 e. The number of amides is 2. The van der Waals surface area contributed by atoms with Gasteiger partial charge in [0, 0.05) is 18.2 Å². The summed E-state index contributed by atoms with van der Waals surface area (Å²) in [5, 5.41) is 3.38. The van der Waals surface area contributed by atoms with Gasteiger partial charge >= 0.3 is 0 Å². The number of rotatable bonds is 4. The van der Waals surface area contributed by atoms with E-state index in [-0.39, 0.29) is 23.9 Å². The van der Waals surface area contributed by atoms with Crippen molar-refractivity contribution in [3.05, 3.63) is 35.9 Å². The molecule has 150 valence electrons. The van der Waals surface area contributed by atoms with E-state index in [1.807, 2.05) is 30.3 Å². The molecule has 1 N–H and O–H groups in total. The highest BCUT2D eigenvalue weighted by Crippen LogP contribution is 2.61. The summed E-state index contributed by atoms with van der Waals surface area (Å²) in [5.74, 6) is 2.69. The van der Waals surface area contributed by atoms with Crippen molar-refractivity contribution in [3.63, 3.8) is 0 Å². The average Bonchev–Trinajstić information content (AvgIpc) is 3.17. The van der Waals surface area contributed by atoms with E-state index in [4.69, 9.17) is 0 Å². The van der Waals surface area contributed by atoms with Crippen molar-refractivity contribution in [3.8, 4) is 0 Å². The highest BCUT2D eigenvalue weighted by atomic mass is 16.2. The summed E-state index contributed by atoms with van der Waals surface area (Å²) in [5.41, 5.74) is 0.980. The van der Waals surface area contributed by atoms with Crippen LogP contribution in [0, 0.1) is 23.2 Å². The van der Waals surface area contributed by atoms with Gasteiger partial charge in [-0.15, -0.1) is 0 Å². The molecule has 5 fully saturated rings. The van der Waals surface area contributed by atoms with Crippen LogP contribution in [-0.4, -0.2) is 35.3 Å². The summed E-state index contributed by atoms with van der Waals surface area (Å²) in [6.07, 6.45) is 9.80. The quantitative estimate of drug-likeness (QED) is 0.858. The molecular weight excluding hydrogens is 348 g/mol. The zero-order valence-electron chi connectivity index (χ0n) is 16.9. The third-order valence-corrected chi connectivity index (χ3v) is 8.20. The fourth-order valence-corrected chi connectivity index (χ4v) is 7.20. The summed E-state index contributed by atoms with van der Waals surface area (Å²) >= 11 is 0. The minimum absolute atomic E-state index is 0.0132. The Morgan fingerprint density at radius 2 is 1.64 bits per heavy atom. The fourth-order valence-electron chi connectivity index (χ4n) is 7.20. The summed E-state index contributed by atoms with van der Waals surface area (Å²) in [4.78, 5) is 27.9. The lowest BCUT2D eigenvalue weighted by Gasteiger charge is -2.59. The predicted octanol–water partition coefficient (Wildman–Crippen LogP) is 4.01. The van der Waals surface area contributed by atoms with Crippen molar-refractivity contribution < 1.29 is 9.59 Å². The average molecular weight is 381 g/mol. The molecule has 4 bridgehead atoms. The second-order valence-corrected chi connectivity index (χ2v) is 10.0. The van der Waals surface area contributed by atoms with Gasteiger partial charge in [0.15, 0.2) is 0 Å². The minimum atomic E-state index is -0.316. The largest absolute Gasteiger partial charge is 0.351 e. The molecule has 1 aromatic rings. The van der Waals surface area contributed by atoms with Crippen LogP contribution in [0.4, 0.5) is 0 Å². The Morgan fingerprint density at radius 1 is 1.04 bits per heavy atom. The molecule has 0 aromatic heterocycles. The predicted molar refractivity (Wildman–Crippen MR) is 109 cm³/mol. The van der Waals surface area contributed by atoms with Crippen molar-refractivity contribution in [1.82, 2.24) is 10.2 Å². The SMILES string of the molecule is CC(NC(=O)C1CCCN1C(=O)c1ccccc1)C12CC3CC(CC(C3)C1)C2. The maximum atomic E-state index is 13.2. The van der Waals surface area contributed by atoms with Gasteiger partial charge in [-0.1, -0.05) is 18.2 Å². The van der Waals surface area contributed by atoms with Crippen molar-refractivity contribution in [1.29, 1.82) is 0 Å². The molecule has 1 heterocycles. The van der Waals surface area contributed by atoms with E-state index in [1.54, 1.807) is 4.90 Å².